The summed E-state index contributed by atoms with van der Waals surface area (Å²) in [6, 6.07) is 0. The smallest absolute Gasteiger partial charge is 0.152 e. The van der Waals surface area contributed by atoms with Gasteiger partial charge in [0.2, 0.25) is 0 Å². The molecule has 4 heteroatoms. The van der Waals surface area contributed by atoms with Crippen LogP contribution in [0, 0.1) is 0 Å². The Morgan fingerprint density at radius 2 is 0.792 bits per heavy atom. The van der Waals surface area contributed by atoms with Gasteiger partial charge in [-0.05, 0) is 6.42 Å². The van der Waals surface area contributed by atoms with Crippen molar-refractivity contribution >= 4 is 11.1 Å². The van der Waals surface area contributed by atoms with E-state index in [1.807, 2.05) is 0 Å². The first kappa shape index (κ1) is 27.0. The maximum absolute atomic E-state index is 10.5. The molecule has 0 amide bonds. The van der Waals surface area contributed by atoms with Crippen molar-refractivity contribution in [1.82, 2.24) is 0 Å². The fourth-order valence-corrected chi connectivity index (χ4v) is 3.58. The maximum Gasteiger partial charge on any atom is 0.152 e. The minimum atomic E-state index is -1.58. The molecule has 0 aromatic rings. The molecule has 0 saturated heterocycles. The van der Waals surface area contributed by atoms with Crippen molar-refractivity contribution in [2.75, 3.05) is 5.75 Å². The minimum absolute atomic E-state index is 0. The molecule has 0 aliphatic carbocycles. The van der Waals surface area contributed by atoms with Gasteiger partial charge < -0.3 is 4.55 Å². The largest absolute Gasteiger partial charge is 0.306 e. The van der Waals surface area contributed by atoms with Crippen LogP contribution in [0.25, 0.3) is 0 Å². The molecule has 0 aliphatic rings. The molecule has 0 aromatic heterocycles. The van der Waals surface area contributed by atoms with Gasteiger partial charge in [0.05, 0.1) is 0 Å². The van der Waals surface area contributed by atoms with E-state index in [0.29, 0.717) is 5.75 Å². The zero-order valence-electron chi connectivity index (χ0n) is 16.4. The van der Waals surface area contributed by atoms with Crippen molar-refractivity contribution in [2.24, 2.45) is 0 Å². The Morgan fingerprint density at radius 1 is 0.542 bits per heavy atom. The summed E-state index contributed by atoms with van der Waals surface area (Å²) in [6.07, 6.45) is 24.4. The van der Waals surface area contributed by atoms with Gasteiger partial charge in [0.15, 0.2) is 11.1 Å². The van der Waals surface area contributed by atoms with Crippen LogP contribution in [0.2, 0.25) is 0 Å². The molecule has 0 bridgehead atoms. The predicted octanol–water partition coefficient (Wildman–Crippen LogP) is 7.25. The summed E-state index contributed by atoms with van der Waals surface area (Å²) in [4.78, 5) is 0. The molecule has 142 valence electrons. The Balaban J connectivity index is 0. The Hall–Kier alpha value is 0.733. The molecule has 0 aliphatic heterocycles. The normalized spacial score (nSPS) is 12.1. The van der Waals surface area contributed by atoms with E-state index in [4.69, 9.17) is 4.55 Å². The van der Waals surface area contributed by atoms with Crippen LogP contribution in [0.15, 0.2) is 0 Å². The van der Waals surface area contributed by atoms with Gasteiger partial charge in [-0.15, -0.1) is 0 Å². The molecule has 0 fully saturated rings. The van der Waals surface area contributed by atoms with E-state index in [1.54, 1.807) is 0 Å². The van der Waals surface area contributed by atoms with Crippen molar-refractivity contribution in [3.05, 3.63) is 0 Å². The van der Waals surface area contributed by atoms with E-state index in [-0.39, 0.29) is 19.5 Å². The second kappa shape index (κ2) is 23.7. The summed E-state index contributed by atoms with van der Waals surface area (Å²) in [5.41, 5.74) is 0. The fourth-order valence-electron chi connectivity index (χ4n) is 3.13. The van der Waals surface area contributed by atoms with Gasteiger partial charge in [0.1, 0.15) is 0 Å². The summed E-state index contributed by atoms with van der Waals surface area (Å²) in [5.74, 6) is 0.457. The summed E-state index contributed by atoms with van der Waals surface area (Å²) < 4.78 is 19.1. The molecular formula is C20H42O2SZn. The maximum atomic E-state index is 10.5. The van der Waals surface area contributed by atoms with Crippen molar-refractivity contribution in [3.8, 4) is 0 Å². The van der Waals surface area contributed by atoms with Crippen LogP contribution in [-0.2, 0) is 30.6 Å². The summed E-state index contributed by atoms with van der Waals surface area (Å²) in [7, 11) is 0. The summed E-state index contributed by atoms with van der Waals surface area (Å²) in [6.45, 7) is 2.28. The molecule has 0 saturated carbocycles. The minimum Gasteiger partial charge on any atom is -0.306 e. The third-order valence-electron chi connectivity index (χ3n) is 4.67. The van der Waals surface area contributed by atoms with Crippen LogP contribution in [0.1, 0.15) is 122 Å². The van der Waals surface area contributed by atoms with Crippen LogP contribution >= 0.6 is 0 Å². The number of unbranched alkanes of at least 4 members (excludes halogenated alkanes) is 17. The number of hydrogen-bond donors (Lipinski definition) is 1. The molecule has 2 nitrogen and oxygen atoms in total. The monoisotopic (exact) mass is 410 g/mol. The Morgan fingerprint density at radius 3 is 1.04 bits per heavy atom. The first-order valence-corrected chi connectivity index (χ1v) is 11.6. The predicted molar refractivity (Wildman–Crippen MR) is 104 cm³/mol. The van der Waals surface area contributed by atoms with E-state index in [2.05, 4.69) is 6.92 Å². The Kier molecular flexibility index (Phi) is 26.7. The summed E-state index contributed by atoms with van der Waals surface area (Å²) in [5, 5.41) is 0. The van der Waals surface area contributed by atoms with Crippen LogP contribution < -0.4 is 0 Å². The van der Waals surface area contributed by atoms with E-state index < -0.39 is 11.1 Å². The number of rotatable bonds is 19. The topological polar surface area (TPSA) is 37.3 Å². The first-order valence-electron chi connectivity index (χ1n) is 10.3. The first-order chi connectivity index (χ1) is 11.3. The van der Waals surface area contributed by atoms with Gasteiger partial charge in [-0.2, -0.15) is 0 Å². The molecule has 0 spiro atoms. The van der Waals surface area contributed by atoms with Gasteiger partial charge >= 0.3 is 0 Å². The molecule has 1 N–H and O–H groups in total. The summed E-state index contributed by atoms with van der Waals surface area (Å²) >= 11 is -1.58. The quantitative estimate of drug-likeness (QED) is 0.138. The third-order valence-corrected chi connectivity index (χ3v) is 5.31. The Labute approximate surface area is 167 Å². The van der Waals surface area contributed by atoms with Crippen LogP contribution in [-0.4, -0.2) is 14.5 Å². The van der Waals surface area contributed by atoms with Crippen molar-refractivity contribution in [1.29, 1.82) is 0 Å². The second-order valence-electron chi connectivity index (χ2n) is 7.04. The zero-order chi connectivity index (χ0) is 17.0. The average Bonchev–Trinajstić information content (AvgIpc) is 2.53. The average molecular weight is 412 g/mol. The molecule has 24 heavy (non-hydrogen) atoms. The molecule has 0 rings (SSSR count). The molecule has 0 aromatic carbocycles. The van der Waals surface area contributed by atoms with E-state index in [9.17, 15) is 4.21 Å². The van der Waals surface area contributed by atoms with E-state index in [1.165, 1.54) is 103 Å². The Bertz CT molecular complexity index is 250. The molecule has 0 heterocycles. The molecule has 1 unspecified atom stereocenters. The molecule has 1 atom stereocenters. The van der Waals surface area contributed by atoms with Crippen molar-refractivity contribution in [3.63, 3.8) is 0 Å². The van der Waals surface area contributed by atoms with E-state index >= 15 is 0 Å². The van der Waals surface area contributed by atoms with Crippen molar-refractivity contribution < 1.29 is 28.2 Å². The zero-order valence-corrected chi connectivity index (χ0v) is 20.2. The SMILES string of the molecule is CCCCCCCCCCCCCCCCCCCCS(=O)O.[Zn]. The van der Waals surface area contributed by atoms with Gasteiger partial charge in [-0.3, -0.25) is 0 Å². The van der Waals surface area contributed by atoms with Crippen molar-refractivity contribution in [2.45, 2.75) is 122 Å². The van der Waals surface area contributed by atoms with Gasteiger partial charge in [-0.1, -0.05) is 116 Å². The van der Waals surface area contributed by atoms with Crippen LogP contribution in [0.4, 0.5) is 0 Å². The van der Waals surface area contributed by atoms with Gasteiger partial charge in [0, 0.05) is 25.2 Å². The molecule has 0 radical (unpaired) electrons. The third kappa shape index (κ3) is 25.0. The van der Waals surface area contributed by atoms with E-state index in [0.717, 1.165) is 12.8 Å². The van der Waals surface area contributed by atoms with Crippen LogP contribution in [0.3, 0.4) is 0 Å². The van der Waals surface area contributed by atoms with Crippen LogP contribution in [0.5, 0.6) is 0 Å². The molecular weight excluding hydrogens is 370 g/mol. The van der Waals surface area contributed by atoms with Gasteiger partial charge in [0.25, 0.3) is 0 Å². The standard InChI is InChI=1S/C20H42O2S.Zn/c1-2-3-4-5-6-7-8-9-10-11-12-13-14-15-16-17-18-19-20-23(21)22;/h2-20H2,1H3,(H,21,22);. The second-order valence-corrected chi connectivity index (χ2v) is 8.09. The fraction of sp³-hybridized carbons (Fsp3) is 1.00. The van der Waals surface area contributed by atoms with Gasteiger partial charge in [-0.25, -0.2) is 4.21 Å². The number of hydrogen-bond acceptors (Lipinski definition) is 1.